The maximum absolute atomic E-state index is 11.3. The van der Waals surface area contributed by atoms with Crippen molar-refractivity contribution in [2.24, 2.45) is 0 Å². The average Bonchev–Trinajstić information content (AvgIpc) is 2.30. The number of halogens is 1. The summed E-state index contributed by atoms with van der Waals surface area (Å²) in [5.41, 5.74) is 1.33. The third kappa shape index (κ3) is 2.93. The summed E-state index contributed by atoms with van der Waals surface area (Å²) in [4.78, 5) is 2.41. The van der Waals surface area contributed by atoms with Gasteiger partial charge in [-0.2, -0.15) is 0 Å². The Labute approximate surface area is 108 Å². The predicted octanol–water partition coefficient (Wildman–Crippen LogP) is 2.57. The first-order valence-corrected chi connectivity index (χ1v) is 7.79. The minimum Gasteiger partial charge on any atom is -0.295 e. The number of nitrogens with zero attached hydrogens (tertiary/aromatic N) is 1. The van der Waals surface area contributed by atoms with E-state index in [4.69, 9.17) is 0 Å². The third-order valence-corrected chi connectivity index (χ3v) is 4.92. The molecule has 0 radical (unpaired) electrons. The molecule has 0 bridgehead atoms. The maximum atomic E-state index is 11.3. The van der Waals surface area contributed by atoms with Crippen LogP contribution in [0.1, 0.15) is 18.5 Å². The molecule has 1 heterocycles. The van der Waals surface area contributed by atoms with Gasteiger partial charge in [-0.3, -0.25) is 9.11 Å². The molecule has 0 saturated carbocycles. The summed E-state index contributed by atoms with van der Waals surface area (Å²) in [6.45, 7) is 4.12. The largest absolute Gasteiger partial charge is 0.295 e. The maximum Gasteiger partial charge on any atom is 0.0363 e. The Morgan fingerprint density at radius 1 is 1.25 bits per heavy atom. The van der Waals surface area contributed by atoms with Crippen molar-refractivity contribution in [3.05, 3.63) is 34.3 Å². The van der Waals surface area contributed by atoms with Gasteiger partial charge in [-0.25, -0.2) is 0 Å². The Morgan fingerprint density at radius 2 is 1.81 bits per heavy atom. The standard InChI is InChI=1S/C12H16BrNOS/c1-10(11-2-4-12(13)5-3-11)14-6-8-16(15)9-7-14/h2-5,10H,6-9H2,1H3. The smallest absolute Gasteiger partial charge is 0.0363 e. The lowest BCUT2D eigenvalue weighted by molar-refractivity contribution is 0.231. The summed E-state index contributed by atoms with van der Waals surface area (Å²) in [6, 6.07) is 8.88. The highest BCUT2D eigenvalue weighted by Gasteiger charge is 2.20. The molecule has 1 saturated heterocycles. The van der Waals surface area contributed by atoms with E-state index in [1.54, 1.807) is 0 Å². The highest BCUT2D eigenvalue weighted by molar-refractivity contribution is 9.10. The van der Waals surface area contributed by atoms with Gasteiger partial charge in [0, 0.05) is 45.9 Å². The molecule has 1 aromatic carbocycles. The van der Waals surface area contributed by atoms with Crippen molar-refractivity contribution in [1.82, 2.24) is 4.90 Å². The SMILES string of the molecule is CC(c1ccc(Br)cc1)N1CCS(=O)CC1. The van der Waals surface area contributed by atoms with Crippen molar-refractivity contribution in [1.29, 1.82) is 0 Å². The van der Waals surface area contributed by atoms with Gasteiger partial charge in [-0.15, -0.1) is 0 Å². The number of rotatable bonds is 2. The van der Waals surface area contributed by atoms with Crippen LogP contribution in [0.15, 0.2) is 28.7 Å². The third-order valence-electron chi connectivity index (χ3n) is 3.11. The highest BCUT2D eigenvalue weighted by atomic mass is 79.9. The summed E-state index contributed by atoms with van der Waals surface area (Å²) >= 11 is 3.44. The van der Waals surface area contributed by atoms with Gasteiger partial charge in [0.25, 0.3) is 0 Å². The minimum atomic E-state index is -0.587. The first kappa shape index (κ1) is 12.3. The van der Waals surface area contributed by atoms with E-state index in [0.29, 0.717) is 6.04 Å². The number of hydrogen-bond acceptors (Lipinski definition) is 2. The summed E-state index contributed by atoms with van der Waals surface area (Å²) in [7, 11) is -0.587. The van der Waals surface area contributed by atoms with Gasteiger partial charge in [0.1, 0.15) is 0 Å². The molecule has 0 aromatic heterocycles. The predicted molar refractivity (Wildman–Crippen MR) is 72.0 cm³/mol. The van der Waals surface area contributed by atoms with Crippen molar-refractivity contribution in [3.63, 3.8) is 0 Å². The summed E-state index contributed by atoms with van der Waals surface area (Å²) in [5.74, 6) is 1.64. The summed E-state index contributed by atoms with van der Waals surface area (Å²) in [5, 5.41) is 0. The van der Waals surface area contributed by atoms with E-state index < -0.39 is 10.8 Å². The minimum absolute atomic E-state index is 0.422. The van der Waals surface area contributed by atoms with E-state index in [2.05, 4.69) is 52.0 Å². The molecule has 1 aliphatic rings. The molecule has 0 aliphatic carbocycles. The summed E-state index contributed by atoms with van der Waals surface area (Å²) in [6.07, 6.45) is 0. The molecule has 0 spiro atoms. The van der Waals surface area contributed by atoms with Gasteiger partial charge in [0.2, 0.25) is 0 Å². The van der Waals surface area contributed by atoms with Gasteiger partial charge in [-0.1, -0.05) is 28.1 Å². The first-order valence-electron chi connectivity index (χ1n) is 5.51. The molecule has 1 aromatic rings. The molecule has 2 nitrogen and oxygen atoms in total. The second-order valence-electron chi connectivity index (χ2n) is 4.11. The van der Waals surface area contributed by atoms with Crippen molar-refractivity contribution in [2.75, 3.05) is 24.6 Å². The van der Waals surface area contributed by atoms with Gasteiger partial charge in [0.15, 0.2) is 0 Å². The van der Waals surface area contributed by atoms with Crippen LogP contribution in [0.2, 0.25) is 0 Å². The van der Waals surface area contributed by atoms with Gasteiger partial charge >= 0.3 is 0 Å². The van der Waals surface area contributed by atoms with Gasteiger partial charge in [0.05, 0.1) is 0 Å². The summed E-state index contributed by atoms with van der Waals surface area (Å²) < 4.78 is 12.4. The van der Waals surface area contributed by atoms with E-state index in [-0.39, 0.29) is 0 Å². The van der Waals surface area contributed by atoms with Crippen molar-refractivity contribution < 1.29 is 4.21 Å². The zero-order valence-corrected chi connectivity index (χ0v) is 11.8. The molecule has 0 N–H and O–H groups in total. The Morgan fingerprint density at radius 3 is 2.38 bits per heavy atom. The molecule has 1 atom stereocenters. The van der Waals surface area contributed by atoms with Crippen LogP contribution in [0.25, 0.3) is 0 Å². The van der Waals surface area contributed by atoms with Crippen LogP contribution in [0.5, 0.6) is 0 Å². The van der Waals surface area contributed by atoms with Crippen LogP contribution in [0, 0.1) is 0 Å². The molecule has 0 amide bonds. The fraction of sp³-hybridized carbons (Fsp3) is 0.500. The molecule has 1 fully saturated rings. The second-order valence-corrected chi connectivity index (χ2v) is 6.72. The van der Waals surface area contributed by atoms with E-state index in [1.807, 2.05) is 0 Å². The Balaban J connectivity index is 2.04. The fourth-order valence-electron chi connectivity index (χ4n) is 1.99. The fourth-order valence-corrected chi connectivity index (χ4v) is 3.34. The van der Waals surface area contributed by atoms with Crippen LogP contribution in [-0.2, 0) is 10.8 Å². The number of benzene rings is 1. The van der Waals surface area contributed by atoms with E-state index in [0.717, 1.165) is 29.1 Å². The zero-order chi connectivity index (χ0) is 11.5. The molecule has 4 heteroatoms. The van der Waals surface area contributed by atoms with Crippen LogP contribution >= 0.6 is 15.9 Å². The number of hydrogen-bond donors (Lipinski definition) is 0. The van der Waals surface area contributed by atoms with E-state index >= 15 is 0 Å². The lowest BCUT2D eigenvalue weighted by Crippen LogP contribution is -2.39. The molecular weight excluding hydrogens is 286 g/mol. The lowest BCUT2D eigenvalue weighted by atomic mass is 10.1. The molecule has 88 valence electrons. The van der Waals surface area contributed by atoms with E-state index in [1.165, 1.54) is 5.56 Å². The van der Waals surface area contributed by atoms with Crippen LogP contribution in [-0.4, -0.2) is 33.7 Å². The highest BCUT2D eigenvalue weighted by Crippen LogP contribution is 2.23. The molecule has 1 unspecified atom stereocenters. The zero-order valence-electron chi connectivity index (χ0n) is 9.36. The van der Waals surface area contributed by atoms with Gasteiger partial charge in [-0.05, 0) is 24.6 Å². The average molecular weight is 302 g/mol. The molecule has 2 rings (SSSR count). The Kier molecular flexibility index (Phi) is 4.16. The molecular formula is C12H16BrNOS. The topological polar surface area (TPSA) is 20.3 Å². The normalized spacial score (nSPS) is 20.9. The van der Waals surface area contributed by atoms with Crippen molar-refractivity contribution in [2.45, 2.75) is 13.0 Å². The van der Waals surface area contributed by atoms with Crippen LogP contribution < -0.4 is 0 Å². The quantitative estimate of drug-likeness (QED) is 0.837. The van der Waals surface area contributed by atoms with Gasteiger partial charge < -0.3 is 0 Å². The second kappa shape index (κ2) is 5.43. The lowest BCUT2D eigenvalue weighted by Gasteiger charge is -2.32. The molecule has 1 aliphatic heterocycles. The molecule has 16 heavy (non-hydrogen) atoms. The van der Waals surface area contributed by atoms with Crippen LogP contribution in [0.3, 0.4) is 0 Å². The van der Waals surface area contributed by atoms with Crippen LogP contribution in [0.4, 0.5) is 0 Å². The Bertz CT molecular complexity index is 369. The van der Waals surface area contributed by atoms with Crippen molar-refractivity contribution in [3.8, 4) is 0 Å². The van der Waals surface area contributed by atoms with Crippen molar-refractivity contribution >= 4 is 26.7 Å². The van der Waals surface area contributed by atoms with E-state index in [9.17, 15) is 4.21 Å². The monoisotopic (exact) mass is 301 g/mol. The Hall–Kier alpha value is -0.190. The first-order chi connectivity index (χ1) is 7.66.